The van der Waals surface area contributed by atoms with Crippen molar-refractivity contribution in [2.24, 2.45) is 5.92 Å². The number of aliphatic hydroxyl groups is 1. The van der Waals surface area contributed by atoms with Gasteiger partial charge in [0, 0.05) is 49.4 Å². The molecule has 1 aliphatic rings. The fourth-order valence-electron chi connectivity index (χ4n) is 4.99. The monoisotopic (exact) mass is 666 g/mol. The molecule has 250 valence electrons. The molecule has 0 saturated heterocycles. The van der Waals surface area contributed by atoms with Gasteiger partial charge in [-0.1, -0.05) is 18.5 Å². The number of nitrogens with zero attached hydrogens (tertiary/aromatic N) is 2. The molecule has 3 rings (SSSR count). The Morgan fingerprint density at radius 3 is 2.47 bits per heavy atom. The number of amides is 3. The molecular weight excluding hydrogens is 620 g/mol. The summed E-state index contributed by atoms with van der Waals surface area (Å²) >= 11 is 5.93. The van der Waals surface area contributed by atoms with Gasteiger partial charge in [-0.2, -0.15) is 0 Å². The Morgan fingerprint density at radius 1 is 1.13 bits per heavy atom. The summed E-state index contributed by atoms with van der Waals surface area (Å²) in [5.41, 5.74) is 0.340. The third-order valence-electron chi connectivity index (χ3n) is 7.64. The number of hydrogen-bond donors (Lipinski definition) is 3. The van der Waals surface area contributed by atoms with Gasteiger partial charge in [-0.05, 0) is 89.4 Å². The highest BCUT2D eigenvalue weighted by atomic mass is 35.5. The minimum atomic E-state index is -3.98. The normalized spacial score (nSPS) is 20.9. The van der Waals surface area contributed by atoms with Gasteiger partial charge >= 0.3 is 6.03 Å². The molecule has 0 radical (unpaired) electrons. The number of hydrogen-bond acceptors (Lipinski definition) is 7. The Morgan fingerprint density at radius 2 is 1.82 bits per heavy atom. The van der Waals surface area contributed by atoms with Gasteiger partial charge < -0.3 is 29.7 Å². The summed E-state index contributed by atoms with van der Waals surface area (Å²) in [4.78, 5) is 30.1. The standard InChI is InChI=1S/C32H47ClN4O7S/c1-21(2)34-32(40)36(6)19-30-22(3)18-37(23(4)20-38)31(39)28-17-26(35-45(41,42)27-13-10-25(33)11-14-27)12-15-29(28)44-24(5)9-7-8-16-43-30/h10-15,17,21-24,30,35,38H,7-9,16,18-20H2,1-6H3,(H,34,40)/t22-,23+,24-,30+/m0/s1. The molecule has 3 amide bonds. The van der Waals surface area contributed by atoms with Crippen LogP contribution < -0.4 is 14.8 Å². The van der Waals surface area contributed by atoms with Crippen molar-refractivity contribution >= 4 is 39.2 Å². The second-order valence-electron chi connectivity index (χ2n) is 12.1. The molecule has 0 unspecified atom stereocenters. The average Bonchev–Trinajstić information content (AvgIpc) is 2.98. The van der Waals surface area contributed by atoms with E-state index >= 15 is 0 Å². The number of anilines is 1. The molecule has 11 nitrogen and oxygen atoms in total. The van der Waals surface area contributed by atoms with Gasteiger partial charge in [-0.15, -0.1) is 0 Å². The van der Waals surface area contributed by atoms with Gasteiger partial charge in [0.2, 0.25) is 0 Å². The number of benzene rings is 2. The van der Waals surface area contributed by atoms with Crippen LogP contribution in [0.1, 0.15) is 64.2 Å². The molecule has 0 fully saturated rings. The van der Waals surface area contributed by atoms with Crippen LogP contribution in [-0.2, 0) is 14.8 Å². The lowest BCUT2D eigenvalue weighted by atomic mass is 10.0. The maximum Gasteiger partial charge on any atom is 0.317 e. The Hall–Kier alpha value is -3.06. The smallest absolute Gasteiger partial charge is 0.317 e. The second kappa shape index (κ2) is 16.5. The van der Waals surface area contributed by atoms with E-state index in [1.807, 2.05) is 27.7 Å². The van der Waals surface area contributed by atoms with Gasteiger partial charge in [0.05, 0.1) is 35.3 Å². The lowest BCUT2D eigenvalue weighted by Crippen LogP contribution is -2.49. The number of urea groups is 1. The van der Waals surface area contributed by atoms with Crippen LogP contribution in [0, 0.1) is 5.92 Å². The van der Waals surface area contributed by atoms with Gasteiger partial charge in [0.15, 0.2) is 0 Å². The number of sulfonamides is 1. The lowest BCUT2D eigenvalue weighted by Gasteiger charge is -2.36. The number of fused-ring (bicyclic) bond motifs is 1. The zero-order chi connectivity index (χ0) is 33.3. The Labute approximate surface area is 272 Å². The van der Waals surface area contributed by atoms with E-state index in [0.29, 0.717) is 30.3 Å². The van der Waals surface area contributed by atoms with Gasteiger partial charge in [-0.3, -0.25) is 9.52 Å². The van der Waals surface area contributed by atoms with Crippen LogP contribution in [0.15, 0.2) is 47.4 Å². The fourth-order valence-corrected chi connectivity index (χ4v) is 6.16. The summed E-state index contributed by atoms with van der Waals surface area (Å²) in [7, 11) is -2.27. The average molecular weight is 667 g/mol. The third kappa shape index (κ3) is 10.5. The van der Waals surface area contributed by atoms with E-state index in [2.05, 4.69) is 10.0 Å². The molecule has 3 N–H and O–H groups in total. The molecule has 0 saturated carbocycles. The van der Waals surface area contributed by atoms with Crippen LogP contribution in [0.3, 0.4) is 0 Å². The number of nitrogens with one attached hydrogen (secondary N) is 2. The van der Waals surface area contributed by atoms with Crippen molar-refractivity contribution in [1.82, 2.24) is 15.1 Å². The zero-order valence-electron chi connectivity index (χ0n) is 27.0. The van der Waals surface area contributed by atoms with Crippen molar-refractivity contribution in [3.05, 3.63) is 53.1 Å². The van der Waals surface area contributed by atoms with Crippen molar-refractivity contribution in [3.63, 3.8) is 0 Å². The van der Waals surface area contributed by atoms with Crippen molar-refractivity contribution in [2.45, 2.75) is 83.1 Å². The van der Waals surface area contributed by atoms with Crippen LogP contribution in [0.4, 0.5) is 10.5 Å². The number of rotatable bonds is 8. The van der Waals surface area contributed by atoms with Crippen molar-refractivity contribution in [2.75, 3.05) is 38.1 Å². The Bertz CT molecular complexity index is 1390. The Kier molecular flexibility index (Phi) is 13.3. The highest BCUT2D eigenvalue weighted by molar-refractivity contribution is 7.92. The molecule has 2 aromatic carbocycles. The summed E-state index contributed by atoms with van der Waals surface area (Å²) in [6, 6.07) is 9.56. The lowest BCUT2D eigenvalue weighted by molar-refractivity contribution is -0.0122. The van der Waals surface area contributed by atoms with E-state index < -0.39 is 22.0 Å². The van der Waals surface area contributed by atoms with E-state index in [1.54, 1.807) is 35.9 Å². The minimum absolute atomic E-state index is 0.0191. The number of ether oxygens (including phenoxy) is 2. The number of halogens is 1. The SMILES string of the molecule is CC(C)NC(=O)N(C)C[C@H]1OCCCC[C@H](C)Oc2ccc(NS(=O)(=O)c3ccc(Cl)cc3)cc2C(=O)N([C@H](C)CO)C[C@@H]1C. The van der Waals surface area contributed by atoms with Crippen LogP contribution in [-0.4, -0.2) is 92.9 Å². The quantitative estimate of drug-likeness (QED) is 0.361. The first-order valence-corrected chi connectivity index (χ1v) is 17.2. The third-order valence-corrected chi connectivity index (χ3v) is 9.29. The molecule has 1 aliphatic heterocycles. The van der Waals surface area contributed by atoms with Gasteiger partial charge in [0.1, 0.15) is 5.75 Å². The van der Waals surface area contributed by atoms with E-state index in [0.717, 1.165) is 12.8 Å². The topological polar surface area (TPSA) is 138 Å². The fraction of sp³-hybridized carbons (Fsp3) is 0.562. The summed E-state index contributed by atoms with van der Waals surface area (Å²) in [5, 5.41) is 13.4. The van der Waals surface area contributed by atoms with Gasteiger partial charge in [0.25, 0.3) is 15.9 Å². The van der Waals surface area contributed by atoms with Crippen LogP contribution >= 0.6 is 11.6 Å². The van der Waals surface area contributed by atoms with E-state index in [1.165, 1.54) is 30.3 Å². The first-order chi connectivity index (χ1) is 21.2. The first-order valence-electron chi connectivity index (χ1n) is 15.4. The summed E-state index contributed by atoms with van der Waals surface area (Å²) in [6.45, 7) is 10.1. The number of carbonyl (C=O) groups is 2. The molecule has 45 heavy (non-hydrogen) atoms. The molecule has 4 atom stereocenters. The van der Waals surface area contributed by atoms with Crippen LogP contribution in [0.25, 0.3) is 0 Å². The predicted molar refractivity (Wildman–Crippen MR) is 175 cm³/mol. The van der Waals surface area contributed by atoms with E-state index in [4.69, 9.17) is 21.1 Å². The van der Waals surface area contributed by atoms with Crippen molar-refractivity contribution in [1.29, 1.82) is 0 Å². The molecule has 0 aliphatic carbocycles. The molecule has 0 bridgehead atoms. The van der Waals surface area contributed by atoms with Crippen molar-refractivity contribution < 1.29 is 32.6 Å². The van der Waals surface area contributed by atoms with E-state index in [9.17, 15) is 23.1 Å². The van der Waals surface area contributed by atoms with Crippen LogP contribution in [0.2, 0.25) is 5.02 Å². The highest BCUT2D eigenvalue weighted by Gasteiger charge is 2.31. The summed E-state index contributed by atoms with van der Waals surface area (Å²) in [6.07, 6.45) is 1.69. The Balaban J connectivity index is 1.98. The number of likely N-dealkylation sites (N-methyl/N-ethyl adjacent to an activating group) is 1. The zero-order valence-corrected chi connectivity index (χ0v) is 28.5. The minimum Gasteiger partial charge on any atom is -0.490 e. The predicted octanol–water partition coefficient (Wildman–Crippen LogP) is 4.99. The largest absolute Gasteiger partial charge is 0.490 e. The molecule has 2 aromatic rings. The summed E-state index contributed by atoms with van der Waals surface area (Å²) < 4.78 is 41.3. The van der Waals surface area contributed by atoms with E-state index in [-0.39, 0.29) is 59.5 Å². The molecular formula is C32H47ClN4O7S. The first kappa shape index (κ1) is 36.4. The second-order valence-corrected chi connectivity index (χ2v) is 14.2. The number of carbonyl (C=O) groups excluding carboxylic acids is 2. The molecule has 1 heterocycles. The van der Waals surface area contributed by atoms with Gasteiger partial charge in [-0.25, -0.2) is 13.2 Å². The molecule has 0 aromatic heterocycles. The van der Waals surface area contributed by atoms with Crippen LogP contribution in [0.5, 0.6) is 5.75 Å². The van der Waals surface area contributed by atoms with Crippen molar-refractivity contribution in [3.8, 4) is 5.75 Å². The molecule has 13 heteroatoms. The maximum absolute atomic E-state index is 14.3. The highest BCUT2D eigenvalue weighted by Crippen LogP contribution is 2.29. The summed E-state index contributed by atoms with van der Waals surface area (Å²) in [5.74, 6) is -0.338. The number of aliphatic hydroxyl groups excluding tert-OH is 1. The maximum atomic E-state index is 14.3. The molecule has 0 spiro atoms.